The fraction of sp³-hybridized carbons (Fsp3) is 0.538. The van der Waals surface area contributed by atoms with Crippen molar-refractivity contribution in [1.82, 2.24) is 15.2 Å². The molecule has 21 heavy (non-hydrogen) atoms. The average Bonchev–Trinajstić information content (AvgIpc) is 2.90. The van der Waals surface area contributed by atoms with Crippen molar-refractivity contribution in [3.63, 3.8) is 0 Å². The SMILES string of the molecule is CC(=O)c1c[nH]c(C(=O)NCCN2CCS(=O)(=O)CC2)c1. The summed E-state index contributed by atoms with van der Waals surface area (Å²) in [5, 5.41) is 2.75. The monoisotopic (exact) mass is 313 g/mol. The van der Waals surface area contributed by atoms with Gasteiger partial charge in [-0.1, -0.05) is 0 Å². The van der Waals surface area contributed by atoms with Gasteiger partial charge < -0.3 is 10.3 Å². The summed E-state index contributed by atoms with van der Waals surface area (Å²) in [5.41, 5.74) is 0.822. The van der Waals surface area contributed by atoms with Gasteiger partial charge in [-0.3, -0.25) is 14.5 Å². The fourth-order valence-electron chi connectivity index (χ4n) is 2.13. The maximum absolute atomic E-state index is 11.9. The summed E-state index contributed by atoms with van der Waals surface area (Å²) < 4.78 is 22.6. The standard InChI is InChI=1S/C13H19N3O4S/c1-10(17)11-8-12(15-9-11)13(18)14-2-3-16-4-6-21(19,20)7-5-16/h8-9,15H,2-7H2,1H3,(H,14,18). The Kier molecular flexibility index (Phi) is 4.79. The number of aromatic amines is 1. The van der Waals surface area contributed by atoms with Crippen molar-refractivity contribution in [1.29, 1.82) is 0 Å². The van der Waals surface area contributed by atoms with Gasteiger partial charge in [-0.25, -0.2) is 8.42 Å². The molecule has 1 aliphatic rings. The molecule has 1 aromatic rings. The highest BCUT2D eigenvalue weighted by Crippen LogP contribution is 2.05. The van der Waals surface area contributed by atoms with E-state index in [9.17, 15) is 18.0 Å². The molecular weight excluding hydrogens is 294 g/mol. The highest BCUT2D eigenvalue weighted by atomic mass is 32.2. The van der Waals surface area contributed by atoms with Crippen molar-refractivity contribution in [3.8, 4) is 0 Å². The second-order valence-corrected chi connectivity index (χ2v) is 7.41. The Hall–Kier alpha value is -1.67. The third-order valence-corrected chi connectivity index (χ3v) is 5.09. The number of hydrogen-bond acceptors (Lipinski definition) is 5. The van der Waals surface area contributed by atoms with E-state index in [0.717, 1.165) is 0 Å². The molecule has 0 saturated carbocycles. The van der Waals surface area contributed by atoms with Gasteiger partial charge in [0.15, 0.2) is 15.6 Å². The summed E-state index contributed by atoms with van der Waals surface area (Å²) in [4.78, 5) is 27.8. The largest absolute Gasteiger partial charge is 0.356 e. The highest BCUT2D eigenvalue weighted by molar-refractivity contribution is 7.91. The fourth-order valence-corrected chi connectivity index (χ4v) is 3.40. The third-order valence-electron chi connectivity index (χ3n) is 3.48. The molecule has 0 radical (unpaired) electrons. The van der Waals surface area contributed by atoms with E-state index in [2.05, 4.69) is 10.3 Å². The van der Waals surface area contributed by atoms with Gasteiger partial charge in [-0.2, -0.15) is 0 Å². The van der Waals surface area contributed by atoms with Crippen molar-refractivity contribution in [2.45, 2.75) is 6.92 Å². The van der Waals surface area contributed by atoms with Crippen LogP contribution in [0.3, 0.4) is 0 Å². The summed E-state index contributed by atoms with van der Waals surface area (Å²) >= 11 is 0. The molecule has 1 aromatic heterocycles. The number of aromatic nitrogens is 1. The normalized spacial score (nSPS) is 18.3. The second-order valence-electron chi connectivity index (χ2n) is 5.11. The second kappa shape index (κ2) is 6.40. The van der Waals surface area contributed by atoms with Crippen LogP contribution in [0.15, 0.2) is 12.3 Å². The summed E-state index contributed by atoms with van der Waals surface area (Å²) in [5.74, 6) is -0.00835. The van der Waals surface area contributed by atoms with Crippen LogP contribution in [0.1, 0.15) is 27.8 Å². The van der Waals surface area contributed by atoms with Crippen molar-refractivity contribution in [2.24, 2.45) is 0 Å². The topological polar surface area (TPSA) is 99.3 Å². The zero-order chi connectivity index (χ0) is 15.5. The highest BCUT2D eigenvalue weighted by Gasteiger charge is 2.21. The first-order valence-electron chi connectivity index (χ1n) is 6.78. The van der Waals surface area contributed by atoms with Gasteiger partial charge >= 0.3 is 0 Å². The van der Waals surface area contributed by atoms with Gasteiger partial charge in [-0.05, 0) is 13.0 Å². The van der Waals surface area contributed by atoms with Crippen LogP contribution in [-0.2, 0) is 9.84 Å². The maximum atomic E-state index is 11.9. The van der Waals surface area contributed by atoms with Gasteiger partial charge in [-0.15, -0.1) is 0 Å². The van der Waals surface area contributed by atoms with Gasteiger partial charge in [0.1, 0.15) is 5.69 Å². The molecule has 116 valence electrons. The first-order valence-corrected chi connectivity index (χ1v) is 8.60. The smallest absolute Gasteiger partial charge is 0.267 e. The summed E-state index contributed by atoms with van der Waals surface area (Å²) in [6, 6.07) is 1.52. The van der Waals surface area contributed by atoms with Crippen molar-refractivity contribution in [2.75, 3.05) is 37.7 Å². The zero-order valence-corrected chi connectivity index (χ0v) is 12.7. The number of ketones is 1. The van der Waals surface area contributed by atoms with Crippen LogP contribution in [0.4, 0.5) is 0 Å². The first kappa shape index (κ1) is 15.7. The number of Topliss-reactive ketones (excluding diaryl/α,β-unsaturated/α-hetero) is 1. The lowest BCUT2D eigenvalue weighted by molar-refractivity contribution is 0.0944. The van der Waals surface area contributed by atoms with Gasteiger partial charge in [0.25, 0.3) is 5.91 Å². The average molecular weight is 313 g/mol. The van der Waals surface area contributed by atoms with Crippen LogP contribution >= 0.6 is 0 Å². The Morgan fingerprint density at radius 2 is 2.00 bits per heavy atom. The molecule has 0 atom stereocenters. The number of H-pyrrole nitrogens is 1. The Morgan fingerprint density at radius 3 is 2.57 bits per heavy atom. The van der Waals surface area contributed by atoms with Gasteiger partial charge in [0.2, 0.25) is 0 Å². The molecule has 1 fully saturated rings. The Balaban J connectivity index is 1.75. The maximum Gasteiger partial charge on any atom is 0.267 e. The van der Waals surface area contributed by atoms with Crippen LogP contribution in [0, 0.1) is 0 Å². The number of rotatable bonds is 5. The van der Waals surface area contributed by atoms with Crippen molar-refractivity contribution >= 4 is 21.5 Å². The van der Waals surface area contributed by atoms with E-state index in [1.54, 1.807) is 0 Å². The molecule has 0 aromatic carbocycles. The molecule has 7 nitrogen and oxygen atoms in total. The van der Waals surface area contributed by atoms with Crippen LogP contribution < -0.4 is 5.32 Å². The molecule has 0 aliphatic carbocycles. The Bertz CT molecular complexity index is 622. The third kappa shape index (κ3) is 4.40. The lowest BCUT2D eigenvalue weighted by atomic mass is 10.2. The van der Waals surface area contributed by atoms with Crippen LogP contribution in [0.25, 0.3) is 0 Å². The molecule has 0 unspecified atom stereocenters. The molecule has 1 aliphatic heterocycles. The minimum Gasteiger partial charge on any atom is -0.356 e. The van der Waals surface area contributed by atoms with E-state index in [4.69, 9.17) is 0 Å². The molecule has 1 amide bonds. The van der Waals surface area contributed by atoms with E-state index in [-0.39, 0.29) is 23.2 Å². The predicted octanol–water partition coefficient (Wildman–Crippen LogP) is -0.322. The van der Waals surface area contributed by atoms with E-state index in [0.29, 0.717) is 37.4 Å². The summed E-state index contributed by atoms with van der Waals surface area (Å²) in [6.07, 6.45) is 1.51. The molecule has 0 bridgehead atoms. The number of sulfone groups is 1. The molecule has 2 N–H and O–H groups in total. The number of carbonyl (C=O) groups is 2. The molecular formula is C13H19N3O4S. The van der Waals surface area contributed by atoms with Gasteiger partial charge in [0.05, 0.1) is 11.5 Å². The Morgan fingerprint density at radius 1 is 1.33 bits per heavy atom. The minimum absolute atomic E-state index is 0.0974. The van der Waals surface area contributed by atoms with Crippen LogP contribution in [-0.4, -0.2) is 67.7 Å². The van der Waals surface area contributed by atoms with E-state index < -0.39 is 9.84 Å². The lowest BCUT2D eigenvalue weighted by Gasteiger charge is -2.26. The van der Waals surface area contributed by atoms with E-state index >= 15 is 0 Å². The van der Waals surface area contributed by atoms with Crippen LogP contribution in [0.5, 0.6) is 0 Å². The zero-order valence-electron chi connectivity index (χ0n) is 11.9. The molecule has 8 heteroatoms. The number of carbonyl (C=O) groups excluding carboxylic acids is 2. The van der Waals surface area contributed by atoms with Crippen LogP contribution in [0.2, 0.25) is 0 Å². The predicted molar refractivity (Wildman–Crippen MR) is 78.2 cm³/mol. The van der Waals surface area contributed by atoms with Crippen molar-refractivity contribution < 1.29 is 18.0 Å². The Labute approximate surface area is 123 Å². The molecule has 1 saturated heterocycles. The molecule has 2 heterocycles. The first-order chi connectivity index (χ1) is 9.87. The number of nitrogens with one attached hydrogen (secondary N) is 2. The minimum atomic E-state index is -2.87. The number of nitrogens with zero attached hydrogens (tertiary/aromatic N) is 1. The van der Waals surface area contributed by atoms with E-state index in [1.165, 1.54) is 19.2 Å². The lowest BCUT2D eigenvalue weighted by Crippen LogP contribution is -2.43. The number of hydrogen-bond donors (Lipinski definition) is 2. The molecule has 2 rings (SSSR count). The van der Waals surface area contributed by atoms with Crippen molar-refractivity contribution in [3.05, 3.63) is 23.5 Å². The summed E-state index contributed by atoms with van der Waals surface area (Å²) in [7, 11) is -2.87. The number of amides is 1. The summed E-state index contributed by atoms with van der Waals surface area (Å²) in [6.45, 7) is 3.51. The van der Waals surface area contributed by atoms with E-state index in [1.807, 2.05) is 4.90 Å². The molecule has 0 spiro atoms. The quantitative estimate of drug-likeness (QED) is 0.726. The van der Waals surface area contributed by atoms with Gasteiger partial charge in [0, 0.05) is 37.9 Å².